The lowest BCUT2D eigenvalue weighted by molar-refractivity contribution is 0.0418. The van der Waals surface area contributed by atoms with Gasteiger partial charge in [-0.3, -0.25) is 9.69 Å². The van der Waals surface area contributed by atoms with E-state index in [9.17, 15) is 4.79 Å². The van der Waals surface area contributed by atoms with Gasteiger partial charge in [-0.25, -0.2) is 0 Å². The average Bonchev–Trinajstić information content (AvgIpc) is 2.47. The molecule has 0 fully saturated rings. The summed E-state index contributed by atoms with van der Waals surface area (Å²) in [5, 5.41) is 0.625. The maximum absolute atomic E-state index is 12.8. The standard InChI is InChI=1S/C16H24ClNO3/c1-16(2,18(9-11-20-3)10-12-21-4)15(19)13-5-7-14(17)8-6-13/h5-8H,9-12H2,1-4H3. The highest BCUT2D eigenvalue weighted by Crippen LogP contribution is 2.21. The van der Waals surface area contributed by atoms with Crippen LogP contribution in [0.5, 0.6) is 0 Å². The molecule has 1 aromatic carbocycles. The Bertz CT molecular complexity index is 437. The zero-order chi connectivity index (χ0) is 15.9. The topological polar surface area (TPSA) is 38.8 Å². The molecule has 0 heterocycles. The van der Waals surface area contributed by atoms with Crippen LogP contribution in [0.25, 0.3) is 0 Å². The highest BCUT2D eigenvalue weighted by Gasteiger charge is 2.34. The van der Waals surface area contributed by atoms with Crippen LogP contribution in [0.3, 0.4) is 0 Å². The van der Waals surface area contributed by atoms with Crippen LogP contribution in [0.2, 0.25) is 5.02 Å². The quantitative estimate of drug-likeness (QED) is 0.657. The summed E-state index contributed by atoms with van der Waals surface area (Å²) in [5.74, 6) is 0.0615. The average molecular weight is 314 g/mol. The molecule has 0 amide bonds. The smallest absolute Gasteiger partial charge is 0.182 e. The van der Waals surface area contributed by atoms with Crippen LogP contribution >= 0.6 is 11.6 Å². The van der Waals surface area contributed by atoms with Gasteiger partial charge in [-0.1, -0.05) is 11.6 Å². The van der Waals surface area contributed by atoms with Crippen molar-refractivity contribution in [2.75, 3.05) is 40.5 Å². The fourth-order valence-electron chi connectivity index (χ4n) is 2.17. The lowest BCUT2D eigenvalue weighted by Gasteiger charge is -2.37. The predicted molar refractivity (Wildman–Crippen MR) is 85.2 cm³/mol. The molecule has 0 aliphatic heterocycles. The second kappa shape index (κ2) is 8.49. The van der Waals surface area contributed by atoms with E-state index in [0.717, 1.165) is 0 Å². The molecule has 0 bridgehead atoms. The van der Waals surface area contributed by atoms with E-state index < -0.39 is 5.54 Å². The van der Waals surface area contributed by atoms with Crippen molar-refractivity contribution in [2.45, 2.75) is 19.4 Å². The molecular weight excluding hydrogens is 290 g/mol. The Morgan fingerprint density at radius 3 is 2.00 bits per heavy atom. The first-order valence-corrected chi connectivity index (χ1v) is 7.34. The van der Waals surface area contributed by atoms with Gasteiger partial charge in [0.2, 0.25) is 0 Å². The number of hydrogen-bond acceptors (Lipinski definition) is 4. The van der Waals surface area contributed by atoms with E-state index in [1.807, 2.05) is 13.8 Å². The molecule has 0 saturated heterocycles. The minimum absolute atomic E-state index is 0.0615. The van der Waals surface area contributed by atoms with E-state index in [-0.39, 0.29) is 5.78 Å². The Morgan fingerprint density at radius 1 is 1.10 bits per heavy atom. The minimum Gasteiger partial charge on any atom is -0.383 e. The molecule has 0 N–H and O–H groups in total. The van der Waals surface area contributed by atoms with Crippen molar-refractivity contribution in [3.05, 3.63) is 34.9 Å². The summed E-state index contributed by atoms with van der Waals surface area (Å²) in [4.78, 5) is 14.9. The normalized spacial score (nSPS) is 11.9. The van der Waals surface area contributed by atoms with Gasteiger partial charge in [-0.15, -0.1) is 0 Å². The molecule has 0 saturated carbocycles. The molecule has 1 aromatic rings. The summed E-state index contributed by atoms with van der Waals surface area (Å²) < 4.78 is 10.3. The number of benzene rings is 1. The van der Waals surface area contributed by atoms with Crippen molar-refractivity contribution < 1.29 is 14.3 Å². The number of halogens is 1. The third kappa shape index (κ3) is 5.08. The number of Topliss-reactive ketones (excluding diaryl/α,β-unsaturated/α-hetero) is 1. The van der Waals surface area contributed by atoms with E-state index in [2.05, 4.69) is 4.90 Å². The first-order valence-electron chi connectivity index (χ1n) is 6.96. The highest BCUT2D eigenvalue weighted by molar-refractivity contribution is 6.30. The lowest BCUT2D eigenvalue weighted by atomic mass is 9.91. The summed E-state index contributed by atoms with van der Waals surface area (Å²) in [5.41, 5.74) is 0.0227. The highest BCUT2D eigenvalue weighted by atomic mass is 35.5. The van der Waals surface area contributed by atoms with Gasteiger partial charge in [-0.2, -0.15) is 0 Å². The zero-order valence-electron chi connectivity index (χ0n) is 13.2. The van der Waals surface area contributed by atoms with Crippen molar-refractivity contribution in [3.8, 4) is 0 Å². The van der Waals surface area contributed by atoms with Crippen molar-refractivity contribution in [3.63, 3.8) is 0 Å². The SMILES string of the molecule is COCCN(CCOC)C(C)(C)C(=O)c1ccc(Cl)cc1. The van der Waals surface area contributed by atoms with Crippen molar-refractivity contribution >= 4 is 17.4 Å². The number of rotatable bonds is 9. The van der Waals surface area contributed by atoms with Crippen LogP contribution in [-0.2, 0) is 9.47 Å². The van der Waals surface area contributed by atoms with Gasteiger partial charge in [0, 0.05) is 37.9 Å². The Kier molecular flexibility index (Phi) is 7.32. The number of carbonyl (C=O) groups excluding carboxylic acids is 1. The Labute approximate surface area is 132 Å². The number of carbonyl (C=O) groups is 1. The van der Waals surface area contributed by atoms with E-state index >= 15 is 0 Å². The predicted octanol–water partition coefficient (Wildman–Crippen LogP) is 2.90. The van der Waals surface area contributed by atoms with Gasteiger partial charge in [-0.05, 0) is 38.1 Å². The van der Waals surface area contributed by atoms with Crippen LogP contribution in [0.4, 0.5) is 0 Å². The van der Waals surface area contributed by atoms with Crippen molar-refractivity contribution in [1.29, 1.82) is 0 Å². The molecule has 0 aliphatic carbocycles. The van der Waals surface area contributed by atoms with Crippen LogP contribution < -0.4 is 0 Å². The fourth-order valence-corrected chi connectivity index (χ4v) is 2.30. The Morgan fingerprint density at radius 2 is 1.57 bits per heavy atom. The maximum Gasteiger partial charge on any atom is 0.182 e. The van der Waals surface area contributed by atoms with Crippen molar-refractivity contribution in [2.24, 2.45) is 0 Å². The molecule has 4 nitrogen and oxygen atoms in total. The number of hydrogen-bond donors (Lipinski definition) is 0. The molecule has 0 aliphatic rings. The molecule has 21 heavy (non-hydrogen) atoms. The second-order valence-corrected chi connectivity index (χ2v) is 5.80. The summed E-state index contributed by atoms with van der Waals surface area (Å²) in [6.45, 7) is 6.34. The van der Waals surface area contributed by atoms with Gasteiger partial charge in [0.25, 0.3) is 0 Å². The van der Waals surface area contributed by atoms with Gasteiger partial charge >= 0.3 is 0 Å². The second-order valence-electron chi connectivity index (χ2n) is 5.37. The fraction of sp³-hybridized carbons (Fsp3) is 0.562. The van der Waals surface area contributed by atoms with Crippen LogP contribution in [0.1, 0.15) is 24.2 Å². The molecule has 1 rings (SSSR count). The third-order valence-electron chi connectivity index (χ3n) is 3.58. The first-order chi connectivity index (χ1) is 9.93. The number of nitrogens with zero attached hydrogens (tertiary/aromatic N) is 1. The van der Waals surface area contributed by atoms with Gasteiger partial charge in [0.1, 0.15) is 0 Å². The number of methoxy groups -OCH3 is 2. The Balaban J connectivity index is 2.91. The summed E-state index contributed by atoms with van der Waals surface area (Å²) >= 11 is 5.88. The molecule has 0 atom stereocenters. The molecule has 0 radical (unpaired) electrons. The van der Waals surface area contributed by atoms with Gasteiger partial charge in [0.15, 0.2) is 5.78 Å². The first kappa shape index (κ1) is 18.1. The van der Waals surface area contributed by atoms with E-state index in [1.54, 1.807) is 38.5 Å². The van der Waals surface area contributed by atoms with Crippen molar-refractivity contribution in [1.82, 2.24) is 4.90 Å². The lowest BCUT2D eigenvalue weighted by Crippen LogP contribution is -2.52. The molecule has 0 spiro atoms. The summed E-state index contributed by atoms with van der Waals surface area (Å²) in [7, 11) is 3.31. The van der Waals surface area contributed by atoms with E-state index in [4.69, 9.17) is 21.1 Å². The van der Waals surface area contributed by atoms with Crippen LogP contribution in [0.15, 0.2) is 24.3 Å². The van der Waals surface area contributed by atoms with Crippen LogP contribution in [0, 0.1) is 0 Å². The number of ether oxygens (including phenoxy) is 2. The maximum atomic E-state index is 12.8. The molecule has 0 unspecified atom stereocenters. The van der Waals surface area contributed by atoms with E-state index in [0.29, 0.717) is 36.9 Å². The molecule has 0 aromatic heterocycles. The van der Waals surface area contributed by atoms with E-state index in [1.165, 1.54) is 0 Å². The number of ketones is 1. The Hall–Kier alpha value is -0.940. The van der Waals surface area contributed by atoms with Gasteiger partial charge < -0.3 is 9.47 Å². The molecule has 5 heteroatoms. The largest absolute Gasteiger partial charge is 0.383 e. The third-order valence-corrected chi connectivity index (χ3v) is 3.84. The van der Waals surface area contributed by atoms with Crippen LogP contribution in [-0.4, -0.2) is 56.7 Å². The van der Waals surface area contributed by atoms with Gasteiger partial charge in [0.05, 0.1) is 18.8 Å². The zero-order valence-corrected chi connectivity index (χ0v) is 13.9. The molecular formula is C16H24ClNO3. The molecule has 118 valence electrons. The monoisotopic (exact) mass is 313 g/mol. The summed E-state index contributed by atoms with van der Waals surface area (Å²) in [6, 6.07) is 6.99. The minimum atomic E-state index is -0.634. The summed E-state index contributed by atoms with van der Waals surface area (Å²) in [6.07, 6.45) is 0.